The van der Waals surface area contributed by atoms with Gasteiger partial charge in [0.1, 0.15) is 9.79 Å². The van der Waals surface area contributed by atoms with Crippen molar-refractivity contribution < 1.29 is 30.7 Å². The van der Waals surface area contributed by atoms with Crippen LogP contribution in [-0.2, 0) is 20.2 Å². The number of hydrogen-bond acceptors (Lipinski definition) is 7. The summed E-state index contributed by atoms with van der Waals surface area (Å²) < 4.78 is 62.2. The van der Waals surface area contributed by atoms with Gasteiger partial charge < -0.3 is 22.1 Å². The van der Waals surface area contributed by atoms with Crippen molar-refractivity contribution in [1.29, 1.82) is 0 Å². The molecule has 8 N–H and O–H groups in total. The Bertz CT molecular complexity index is 996. The minimum absolute atomic E-state index is 0.134. The number of nitrogens with one attached hydrogen (secondary N) is 2. The van der Waals surface area contributed by atoms with Crippen LogP contribution in [0.25, 0.3) is 0 Å². The molecule has 0 aliphatic rings. The minimum atomic E-state index is -4.48. The van der Waals surface area contributed by atoms with Gasteiger partial charge in [-0.2, -0.15) is 16.8 Å². The van der Waals surface area contributed by atoms with E-state index in [1.807, 2.05) is 0 Å². The van der Waals surface area contributed by atoms with Crippen LogP contribution in [0.4, 0.5) is 27.5 Å². The fourth-order valence-corrected chi connectivity index (χ4v) is 3.21. The average molecular weight is 402 g/mol. The lowest BCUT2D eigenvalue weighted by Crippen LogP contribution is -2.20. The molecule has 2 rings (SSSR count). The van der Waals surface area contributed by atoms with Crippen LogP contribution in [0, 0.1) is 0 Å². The van der Waals surface area contributed by atoms with Crippen molar-refractivity contribution in [3.63, 3.8) is 0 Å². The molecule has 0 heterocycles. The van der Waals surface area contributed by atoms with Crippen LogP contribution < -0.4 is 22.1 Å². The molecule has 0 spiro atoms. The molecule has 0 saturated heterocycles. The predicted molar refractivity (Wildman–Crippen MR) is 94.0 cm³/mol. The fourth-order valence-electron chi connectivity index (χ4n) is 2.02. The van der Waals surface area contributed by atoms with Gasteiger partial charge in [-0.05, 0) is 36.4 Å². The first-order chi connectivity index (χ1) is 11.9. The van der Waals surface area contributed by atoms with Gasteiger partial charge in [0.05, 0.1) is 11.4 Å². The smallest absolute Gasteiger partial charge is 0.323 e. The lowest BCUT2D eigenvalue weighted by Gasteiger charge is -2.11. The second kappa shape index (κ2) is 6.80. The molecular weight excluding hydrogens is 388 g/mol. The molecule has 13 heteroatoms. The maximum absolute atomic E-state index is 11.9. The molecule has 0 bridgehead atoms. The zero-order valence-electron chi connectivity index (χ0n) is 12.9. The van der Waals surface area contributed by atoms with Crippen LogP contribution in [0.3, 0.4) is 0 Å². The highest BCUT2D eigenvalue weighted by Gasteiger charge is 2.16. The van der Waals surface area contributed by atoms with E-state index in [0.29, 0.717) is 0 Å². The molecule has 0 unspecified atom stereocenters. The Morgan fingerprint density at radius 2 is 1.12 bits per heavy atom. The molecule has 2 aromatic carbocycles. The van der Waals surface area contributed by atoms with Gasteiger partial charge in [0, 0.05) is 11.4 Å². The van der Waals surface area contributed by atoms with E-state index in [4.69, 9.17) is 20.6 Å². The first-order valence-electron chi connectivity index (χ1n) is 6.70. The van der Waals surface area contributed by atoms with Gasteiger partial charge in [-0.3, -0.25) is 9.11 Å². The van der Waals surface area contributed by atoms with E-state index in [2.05, 4.69) is 10.6 Å². The summed E-state index contributed by atoms with van der Waals surface area (Å²) in [5, 5.41) is 4.72. The van der Waals surface area contributed by atoms with E-state index >= 15 is 0 Å². The van der Waals surface area contributed by atoms with Gasteiger partial charge in [-0.25, -0.2) is 4.79 Å². The number of benzene rings is 2. The van der Waals surface area contributed by atoms with Gasteiger partial charge in [0.15, 0.2) is 0 Å². The highest BCUT2D eigenvalue weighted by Crippen LogP contribution is 2.24. The quantitative estimate of drug-likeness (QED) is 0.318. The number of anilines is 4. The summed E-state index contributed by atoms with van der Waals surface area (Å²) in [6, 6.07) is 5.92. The molecule has 140 valence electrons. The largest absolute Gasteiger partial charge is 0.398 e. The molecule has 0 aromatic heterocycles. The molecule has 11 nitrogen and oxygen atoms in total. The average Bonchev–Trinajstić information content (AvgIpc) is 2.44. The fraction of sp³-hybridized carbons (Fsp3) is 0. The zero-order chi connectivity index (χ0) is 19.7. The third kappa shape index (κ3) is 4.60. The van der Waals surface area contributed by atoms with Crippen molar-refractivity contribution in [3.8, 4) is 0 Å². The molecule has 0 fully saturated rings. The Kier molecular flexibility index (Phi) is 5.09. The SMILES string of the molecule is Nc1cc(NC(=O)Nc2ccc(S(=O)(=O)O)c(N)c2)ccc1S(=O)(=O)O. The second-order valence-electron chi connectivity index (χ2n) is 5.03. The molecule has 0 aliphatic carbocycles. The Hall–Kier alpha value is -2.87. The number of nitrogen functional groups attached to an aromatic ring is 2. The first-order valence-corrected chi connectivity index (χ1v) is 9.58. The van der Waals surface area contributed by atoms with Gasteiger partial charge in [-0.1, -0.05) is 0 Å². The van der Waals surface area contributed by atoms with Gasteiger partial charge in [-0.15, -0.1) is 0 Å². The third-order valence-electron chi connectivity index (χ3n) is 3.09. The summed E-state index contributed by atoms with van der Waals surface area (Å²) in [6.45, 7) is 0. The number of hydrogen-bond donors (Lipinski definition) is 6. The van der Waals surface area contributed by atoms with Gasteiger partial charge >= 0.3 is 6.03 Å². The standard InChI is InChI=1S/C13H14N4O7S2/c14-9-5-7(1-3-11(9)25(19,20)21)16-13(18)17-8-2-4-12(10(15)6-8)26(22,23)24/h1-6H,14-15H2,(H2,16,17,18)(H,19,20,21)(H,22,23,24). The minimum Gasteiger partial charge on any atom is -0.398 e. The summed E-state index contributed by atoms with van der Waals surface area (Å²) in [5.74, 6) is 0. The maximum Gasteiger partial charge on any atom is 0.323 e. The molecule has 26 heavy (non-hydrogen) atoms. The topological polar surface area (TPSA) is 202 Å². The number of rotatable bonds is 4. The van der Waals surface area contributed by atoms with Crippen molar-refractivity contribution in [2.75, 3.05) is 22.1 Å². The summed E-state index contributed by atoms with van der Waals surface area (Å²) >= 11 is 0. The highest BCUT2D eigenvalue weighted by molar-refractivity contribution is 7.86. The normalized spacial score (nSPS) is 11.8. The Labute approximate surface area is 148 Å². The van der Waals surface area contributed by atoms with E-state index in [0.717, 1.165) is 24.3 Å². The predicted octanol–water partition coefficient (Wildman–Crippen LogP) is 0.988. The molecular formula is C13H14N4O7S2. The summed E-state index contributed by atoms with van der Waals surface area (Å²) in [7, 11) is -8.97. The van der Waals surface area contributed by atoms with E-state index in [9.17, 15) is 21.6 Å². The summed E-state index contributed by atoms with van der Waals surface area (Å²) in [6.07, 6.45) is 0. The van der Waals surface area contributed by atoms with Crippen LogP contribution >= 0.6 is 0 Å². The van der Waals surface area contributed by atoms with Crippen LogP contribution in [-0.4, -0.2) is 32.0 Å². The zero-order valence-corrected chi connectivity index (χ0v) is 14.5. The monoisotopic (exact) mass is 402 g/mol. The van der Waals surface area contributed by atoms with Crippen molar-refractivity contribution >= 4 is 49.0 Å². The number of urea groups is 1. The van der Waals surface area contributed by atoms with Crippen LogP contribution in [0.1, 0.15) is 0 Å². The van der Waals surface area contributed by atoms with Crippen molar-refractivity contribution in [1.82, 2.24) is 0 Å². The Morgan fingerprint density at radius 3 is 1.38 bits per heavy atom. The van der Waals surface area contributed by atoms with E-state index < -0.39 is 36.1 Å². The third-order valence-corrected chi connectivity index (χ3v) is 4.95. The molecule has 0 atom stereocenters. The Balaban J connectivity index is 2.15. The van der Waals surface area contributed by atoms with Crippen molar-refractivity contribution in [2.24, 2.45) is 0 Å². The molecule has 0 radical (unpaired) electrons. The number of nitrogens with two attached hydrogens (primary N) is 2. The van der Waals surface area contributed by atoms with E-state index in [1.54, 1.807) is 0 Å². The highest BCUT2D eigenvalue weighted by atomic mass is 32.2. The lowest BCUT2D eigenvalue weighted by molar-refractivity contribution is 0.262. The van der Waals surface area contributed by atoms with Crippen LogP contribution in [0.5, 0.6) is 0 Å². The molecule has 0 aliphatic heterocycles. The number of carbonyl (C=O) groups is 1. The molecule has 2 aromatic rings. The number of amides is 2. The number of carbonyl (C=O) groups excluding carboxylic acids is 1. The van der Waals surface area contributed by atoms with Crippen molar-refractivity contribution in [2.45, 2.75) is 9.79 Å². The van der Waals surface area contributed by atoms with Gasteiger partial charge in [0.2, 0.25) is 0 Å². The summed E-state index contributed by atoms with van der Waals surface area (Å²) in [5.41, 5.74) is 10.7. The van der Waals surface area contributed by atoms with E-state index in [1.165, 1.54) is 12.1 Å². The molecule has 0 saturated carbocycles. The maximum atomic E-state index is 11.9. The van der Waals surface area contributed by atoms with Crippen LogP contribution in [0.2, 0.25) is 0 Å². The second-order valence-corrected chi connectivity index (χ2v) is 7.81. The van der Waals surface area contributed by atoms with Crippen molar-refractivity contribution in [3.05, 3.63) is 36.4 Å². The molecule has 2 amide bonds. The first kappa shape index (κ1) is 19.5. The van der Waals surface area contributed by atoms with E-state index in [-0.39, 0.29) is 22.7 Å². The Morgan fingerprint density at radius 1 is 0.769 bits per heavy atom. The van der Waals surface area contributed by atoms with Gasteiger partial charge in [0.25, 0.3) is 20.2 Å². The van der Waals surface area contributed by atoms with Crippen LogP contribution in [0.15, 0.2) is 46.2 Å². The lowest BCUT2D eigenvalue weighted by atomic mass is 10.2. The summed E-state index contributed by atoms with van der Waals surface area (Å²) in [4.78, 5) is 10.9.